The average molecular weight is 349 g/mol. The zero-order valence-corrected chi connectivity index (χ0v) is 14.5. The van der Waals surface area contributed by atoms with Gasteiger partial charge in [0.2, 0.25) is 10.0 Å². The highest BCUT2D eigenvalue weighted by Gasteiger charge is 2.32. The highest BCUT2D eigenvalue weighted by molar-refractivity contribution is 7.88. The van der Waals surface area contributed by atoms with Gasteiger partial charge in [0.15, 0.2) is 0 Å². The Kier molecular flexibility index (Phi) is 4.60. The smallest absolute Gasteiger partial charge is 0.218 e. The predicted molar refractivity (Wildman–Crippen MR) is 90.8 cm³/mol. The molecule has 4 nitrogen and oxygen atoms in total. The third-order valence-corrected chi connectivity index (χ3v) is 6.34. The molecule has 1 heterocycles. The number of fused-ring (bicyclic) bond motifs is 1. The summed E-state index contributed by atoms with van der Waals surface area (Å²) in [7, 11) is -1.91. The van der Waals surface area contributed by atoms with Crippen molar-refractivity contribution in [2.24, 2.45) is 0 Å². The quantitative estimate of drug-likeness (QED) is 0.851. The molecule has 24 heavy (non-hydrogen) atoms. The van der Waals surface area contributed by atoms with Gasteiger partial charge >= 0.3 is 0 Å². The fourth-order valence-electron chi connectivity index (χ4n) is 3.21. The van der Waals surface area contributed by atoms with Crippen LogP contribution >= 0.6 is 0 Å². The van der Waals surface area contributed by atoms with E-state index in [9.17, 15) is 12.8 Å². The van der Waals surface area contributed by atoms with Crippen LogP contribution in [0.3, 0.4) is 0 Å². The first kappa shape index (κ1) is 16.9. The van der Waals surface area contributed by atoms with Crippen molar-refractivity contribution in [3.8, 4) is 5.75 Å². The standard InChI is InChI=1S/C18H20FNO3S/c1-13-18-7-6-17(23-2)11-15(18)8-9-20(13)24(21,22)12-14-4-3-5-16(19)10-14/h3-7,10-11,13H,8-9,12H2,1-2H3. The van der Waals surface area contributed by atoms with Gasteiger partial charge in [0.25, 0.3) is 0 Å². The van der Waals surface area contributed by atoms with Gasteiger partial charge in [-0.25, -0.2) is 12.8 Å². The lowest BCUT2D eigenvalue weighted by Gasteiger charge is -2.34. The van der Waals surface area contributed by atoms with Crippen molar-refractivity contribution in [1.82, 2.24) is 4.31 Å². The normalized spacial score (nSPS) is 18.2. The number of nitrogens with zero attached hydrogens (tertiary/aromatic N) is 1. The predicted octanol–water partition coefficient (Wildman–Crippen LogP) is 3.28. The molecule has 0 amide bonds. The maximum atomic E-state index is 13.3. The Balaban J connectivity index is 1.86. The summed E-state index contributed by atoms with van der Waals surface area (Å²) in [6.45, 7) is 2.30. The van der Waals surface area contributed by atoms with E-state index in [0.29, 0.717) is 18.5 Å². The van der Waals surface area contributed by atoms with Gasteiger partial charge in [0.1, 0.15) is 11.6 Å². The number of rotatable bonds is 4. The van der Waals surface area contributed by atoms with Crippen LogP contribution in [0.1, 0.15) is 29.7 Å². The number of ether oxygens (including phenoxy) is 1. The average Bonchev–Trinajstić information content (AvgIpc) is 2.54. The van der Waals surface area contributed by atoms with E-state index in [4.69, 9.17) is 4.74 Å². The highest BCUT2D eigenvalue weighted by Crippen LogP contribution is 2.34. The molecule has 0 aliphatic carbocycles. The Morgan fingerprint density at radius 2 is 2.04 bits per heavy atom. The SMILES string of the molecule is COc1ccc2c(c1)CCN(S(=O)(=O)Cc1cccc(F)c1)C2C. The van der Waals surface area contributed by atoms with Crippen LogP contribution in [0, 0.1) is 5.82 Å². The summed E-state index contributed by atoms with van der Waals surface area (Å²) in [4.78, 5) is 0. The van der Waals surface area contributed by atoms with Crippen LogP contribution < -0.4 is 4.74 Å². The molecule has 0 radical (unpaired) electrons. The van der Waals surface area contributed by atoms with E-state index in [-0.39, 0.29) is 11.8 Å². The summed E-state index contributed by atoms with van der Waals surface area (Å²) in [6, 6.07) is 11.2. The third-order valence-electron chi connectivity index (χ3n) is 4.43. The van der Waals surface area contributed by atoms with Crippen molar-refractivity contribution in [1.29, 1.82) is 0 Å². The number of benzene rings is 2. The van der Waals surface area contributed by atoms with Crippen molar-refractivity contribution >= 4 is 10.0 Å². The second kappa shape index (κ2) is 6.53. The van der Waals surface area contributed by atoms with Gasteiger partial charge in [-0.15, -0.1) is 0 Å². The van der Waals surface area contributed by atoms with E-state index in [1.54, 1.807) is 13.2 Å². The topological polar surface area (TPSA) is 46.6 Å². The second-order valence-corrected chi connectivity index (χ2v) is 7.91. The Morgan fingerprint density at radius 1 is 1.25 bits per heavy atom. The number of hydrogen-bond donors (Lipinski definition) is 0. The molecule has 1 aliphatic rings. The molecule has 0 saturated heterocycles. The van der Waals surface area contributed by atoms with Crippen LogP contribution in [0.2, 0.25) is 0 Å². The summed E-state index contributed by atoms with van der Waals surface area (Å²) in [5.74, 6) is 0.157. The molecule has 2 aromatic rings. The van der Waals surface area contributed by atoms with Gasteiger partial charge in [-0.05, 0) is 54.3 Å². The van der Waals surface area contributed by atoms with Crippen LogP contribution in [0.25, 0.3) is 0 Å². The zero-order chi connectivity index (χ0) is 17.3. The number of hydrogen-bond acceptors (Lipinski definition) is 3. The molecule has 128 valence electrons. The molecule has 3 rings (SSSR count). The first-order valence-electron chi connectivity index (χ1n) is 7.81. The van der Waals surface area contributed by atoms with Crippen LogP contribution in [-0.4, -0.2) is 26.4 Å². The number of methoxy groups -OCH3 is 1. The van der Waals surface area contributed by atoms with E-state index in [2.05, 4.69) is 0 Å². The first-order valence-corrected chi connectivity index (χ1v) is 9.42. The molecule has 1 atom stereocenters. The van der Waals surface area contributed by atoms with Crippen molar-refractivity contribution in [2.45, 2.75) is 25.1 Å². The van der Waals surface area contributed by atoms with Crippen LogP contribution in [0.15, 0.2) is 42.5 Å². The monoisotopic (exact) mass is 349 g/mol. The highest BCUT2D eigenvalue weighted by atomic mass is 32.2. The maximum absolute atomic E-state index is 13.3. The van der Waals surface area contributed by atoms with Crippen molar-refractivity contribution in [3.05, 3.63) is 65.0 Å². The number of sulfonamides is 1. The molecule has 6 heteroatoms. The van der Waals surface area contributed by atoms with Gasteiger partial charge in [-0.1, -0.05) is 18.2 Å². The molecule has 0 bridgehead atoms. The molecular formula is C18H20FNO3S. The minimum Gasteiger partial charge on any atom is -0.497 e. The number of halogens is 1. The van der Waals surface area contributed by atoms with E-state index in [0.717, 1.165) is 16.9 Å². The molecule has 1 unspecified atom stereocenters. The van der Waals surface area contributed by atoms with Gasteiger partial charge in [0.05, 0.1) is 12.9 Å². The second-order valence-electron chi connectivity index (χ2n) is 5.99. The van der Waals surface area contributed by atoms with Crippen molar-refractivity contribution < 1.29 is 17.5 Å². The molecule has 0 saturated carbocycles. The van der Waals surface area contributed by atoms with E-state index >= 15 is 0 Å². The lowest BCUT2D eigenvalue weighted by Crippen LogP contribution is -2.39. The first-order chi connectivity index (χ1) is 11.4. The van der Waals surface area contributed by atoms with E-state index < -0.39 is 15.8 Å². The molecule has 1 aliphatic heterocycles. The molecule has 2 aromatic carbocycles. The van der Waals surface area contributed by atoms with Crippen LogP contribution in [-0.2, 0) is 22.2 Å². The van der Waals surface area contributed by atoms with Gasteiger partial charge in [-0.3, -0.25) is 0 Å². The molecule has 0 fully saturated rings. The Labute approximate surface area is 141 Å². The fourth-order valence-corrected chi connectivity index (χ4v) is 4.94. The summed E-state index contributed by atoms with van der Waals surface area (Å²) < 4.78 is 45.6. The van der Waals surface area contributed by atoms with Crippen molar-refractivity contribution in [3.63, 3.8) is 0 Å². The summed E-state index contributed by atoms with van der Waals surface area (Å²) in [5.41, 5.74) is 2.56. The molecular weight excluding hydrogens is 329 g/mol. The van der Waals surface area contributed by atoms with Crippen molar-refractivity contribution in [2.75, 3.05) is 13.7 Å². The lowest BCUT2D eigenvalue weighted by atomic mass is 9.95. The van der Waals surface area contributed by atoms with Gasteiger partial charge in [0, 0.05) is 12.6 Å². The summed E-state index contributed by atoms with van der Waals surface area (Å²) >= 11 is 0. The van der Waals surface area contributed by atoms with E-state index in [1.165, 1.54) is 22.5 Å². The third kappa shape index (κ3) is 3.30. The lowest BCUT2D eigenvalue weighted by molar-refractivity contribution is 0.325. The van der Waals surface area contributed by atoms with E-state index in [1.807, 2.05) is 25.1 Å². The minimum absolute atomic E-state index is 0.194. The zero-order valence-electron chi connectivity index (χ0n) is 13.7. The molecule has 0 spiro atoms. The Bertz CT molecular complexity index is 851. The Morgan fingerprint density at radius 3 is 2.75 bits per heavy atom. The largest absolute Gasteiger partial charge is 0.497 e. The minimum atomic E-state index is -3.53. The maximum Gasteiger partial charge on any atom is 0.218 e. The van der Waals surface area contributed by atoms with Crippen LogP contribution in [0.5, 0.6) is 5.75 Å². The summed E-state index contributed by atoms with van der Waals surface area (Å²) in [6.07, 6.45) is 0.638. The summed E-state index contributed by atoms with van der Waals surface area (Å²) in [5, 5.41) is 0. The Hall–Kier alpha value is -1.92. The van der Waals surface area contributed by atoms with Crippen LogP contribution in [0.4, 0.5) is 4.39 Å². The van der Waals surface area contributed by atoms with Gasteiger partial charge < -0.3 is 4.74 Å². The molecule has 0 aromatic heterocycles. The molecule has 0 N–H and O–H groups in total. The van der Waals surface area contributed by atoms with Gasteiger partial charge in [-0.2, -0.15) is 4.31 Å². The fraction of sp³-hybridized carbons (Fsp3) is 0.333.